The monoisotopic (exact) mass is 123 g/mol. The van der Waals surface area contributed by atoms with Gasteiger partial charge in [0, 0.05) is 0 Å². The van der Waals surface area contributed by atoms with Crippen molar-refractivity contribution in [3.63, 3.8) is 0 Å². The molecule has 0 fully saturated rings. The molecule has 0 aromatic rings. The summed E-state index contributed by atoms with van der Waals surface area (Å²) in [5.41, 5.74) is 0.240. The number of allylic oxidation sites excluding steroid dienone is 3. The summed E-state index contributed by atoms with van der Waals surface area (Å²) in [5, 5.41) is 0. The maximum atomic E-state index is 3.67. The molecular weight excluding hydrogens is 108 g/mol. The van der Waals surface area contributed by atoms with Gasteiger partial charge < -0.3 is 0 Å². The third-order valence-corrected chi connectivity index (χ3v) is 1.24. The Morgan fingerprint density at radius 1 is 1.44 bits per heavy atom. The van der Waals surface area contributed by atoms with Crippen LogP contribution in [-0.4, -0.2) is 0 Å². The molecule has 0 saturated carbocycles. The van der Waals surface area contributed by atoms with Crippen molar-refractivity contribution in [3.8, 4) is 0 Å². The Morgan fingerprint density at radius 3 is 2.33 bits per heavy atom. The Labute approximate surface area is 58.3 Å². The summed E-state index contributed by atoms with van der Waals surface area (Å²) in [5.74, 6) is 0. The predicted molar refractivity (Wildman–Crippen MR) is 43.1 cm³/mol. The van der Waals surface area contributed by atoms with Crippen LogP contribution in [0.25, 0.3) is 0 Å². The lowest BCUT2D eigenvalue weighted by atomic mass is 9.89. The van der Waals surface area contributed by atoms with E-state index >= 15 is 0 Å². The van der Waals surface area contributed by atoms with Gasteiger partial charge in [-0.3, -0.25) is 0 Å². The molecule has 0 saturated heterocycles. The van der Waals surface area contributed by atoms with Gasteiger partial charge in [0.05, 0.1) is 0 Å². The highest BCUT2D eigenvalue weighted by Gasteiger charge is 2.09. The van der Waals surface area contributed by atoms with Crippen molar-refractivity contribution < 1.29 is 0 Å². The molecule has 0 atom stereocenters. The Hall–Kier alpha value is -0.520. The van der Waals surface area contributed by atoms with Crippen LogP contribution in [-0.2, 0) is 0 Å². The fraction of sp³-hybridized carbons (Fsp3) is 0.444. The smallest absolute Gasteiger partial charge is 0.0140 e. The van der Waals surface area contributed by atoms with E-state index in [1.54, 1.807) is 0 Å². The van der Waals surface area contributed by atoms with Gasteiger partial charge in [-0.15, -0.1) is 6.58 Å². The van der Waals surface area contributed by atoms with Crippen LogP contribution >= 0.6 is 0 Å². The van der Waals surface area contributed by atoms with E-state index in [0.717, 1.165) is 6.42 Å². The Kier molecular flexibility index (Phi) is 3.29. The van der Waals surface area contributed by atoms with Gasteiger partial charge in [-0.05, 0) is 18.8 Å². The van der Waals surface area contributed by atoms with Crippen molar-refractivity contribution >= 4 is 0 Å². The summed E-state index contributed by atoms with van der Waals surface area (Å²) in [6.07, 6.45) is 6.87. The molecule has 0 unspecified atom stereocenters. The molecule has 0 spiro atoms. The molecule has 0 amide bonds. The van der Waals surface area contributed by atoms with Gasteiger partial charge in [-0.1, -0.05) is 32.1 Å². The minimum Gasteiger partial charge on any atom is -0.103 e. The van der Waals surface area contributed by atoms with Crippen molar-refractivity contribution in [1.82, 2.24) is 0 Å². The Morgan fingerprint density at radius 2 is 2.00 bits per heavy atom. The van der Waals surface area contributed by atoms with E-state index in [1.807, 2.05) is 12.2 Å². The summed E-state index contributed by atoms with van der Waals surface area (Å²) in [7, 11) is 0. The second-order valence-electron chi connectivity index (χ2n) is 2.88. The van der Waals surface area contributed by atoms with Gasteiger partial charge in [-0.25, -0.2) is 0 Å². The van der Waals surface area contributed by atoms with Crippen molar-refractivity contribution in [3.05, 3.63) is 31.7 Å². The van der Waals surface area contributed by atoms with Gasteiger partial charge in [0.15, 0.2) is 0 Å². The highest BCUT2D eigenvalue weighted by atomic mass is 14.1. The molecule has 0 aromatic carbocycles. The van der Waals surface area contributed by atoms with Crippen LogP contribution in [0, 0.1) is 12.3 Å². The molecule has 0 nitrogen and oxygen atoms in total. The molecule has 0 heteroatoms. The van der Waals surface area contributed by atoms with Crippen LogP contribution in [0.4, 0.5) is 0 Å². The van der Waals surface area contributed by atoms with Crippen LogP contribution in [0.15, 0.2) is 24.8 Å². The summed E-state index contributed by atoms with van der Waals surface area (Å²) >= 11 is 0. The van der Waals surface area contributed by atoms with Crippen LogP contribution in [0.1, 0.15) is 20.3 Å². The maximum Gasteiger partial charge on any atom is -0.0140 e. The minimum absolute atomic E-state index is 0.240. The summed E-state index contributed by atoms with van der Waals surface area (Å²) in [6.45, 7) is 11.6. The summed E-state index contributed by atoms with van der Waals surface area (Å²) in [4.78, 5) is 0. The second kappa shape index (κ2) is 3.49. The van der Waals surface area contributed by atoms with E-state index < -0.39 is 0 Å². The highest BCUT2D eigenvalue weighted by Crippen LogP contribution is 2.21. The lowest BCUT2D eigenvalue weighted by molar-refractivity contribution is 0.489. The first-order chi connectivity index (χ1) is 4.12. The van der Waals surface area contributed by atoms with Gasteiger partial charge in [0.1, 0.15) is 0 Å². The zero-order chi connectivity index (χ0) is 7.33. The van der Waals surface area contributed by atoms with Crippen LogP contribution in [0.2, 0.25) is 0 Å². The second-order valence-corrected chi connectivity index (χ2v) is 2.88. The predicted octanol–water partition coefficient (Wildman–Crippen LogP) is 2.98. The van der Waals surface area contributed by atoms with E-state index in [0.29, 0.717) is 0 Å². The molecule has 1 radical (unpaired) electrons. The average Bonchev–Trinajstić information content (AvgIpc) is 1.64. The van der Waals surface area contributed by atoms with Crippen molar-refractivity contribution in [2.24, 2.45) is 5.41 Å². The third kappa shape index (κ3) is 4.01. The molecule has 0 aliphatic carbocycles. The van der Waals surface area contributed by atoms with Gasteiger partial charge in [0.2, 0.25) is 0 Å². The number of hydrogen-bond donors (Lipinski definition) is 0. The molecule has 0 bridgehead atoms. The van der Waals surface area contributed by atoms with Gasteiger partial charge >= 0.3 is 0 Å². The largest absolute Gasteiger partial charge is 0.103 e. The normalized spacial score (nSPS) is 12.3. The zero-order valence-electron chi connectivity index (χ0n) is 6.35. The third-order valence-electron chi connectivity index (χ3n) is 1.24. The van der Waals surface area contributed by atoms with Crippen LogP contribution < -0.4 is 0 Å². The maximum absolute atomic E-state index is 3.67. The van der Waals surface area contributed by atoms with Crippen molar-refractivity contribution in [2.75, 3.05) is 0 Å². The minimum atomic E-state index is 0.240. The molecule has 0 aliphatic rings. The molecule has 0 rings (SSSR count). The molecular formula is C9H15. The lowest BCUT2D eigenvalue weighted by Gasteiger charge is -2.16. The first-order valence-electron chi connectivity index (χ1n) is 3.20. The Bertz CT molecular complexity index is 107. The average molecular weight is 123 g/mol. The van der Waals surface area contributed by atoms with Crippen LogP contribution in [0.5, 0.6) is 0 Å². The first-order valence-corrected chi connectivity index (χ1v) is 3.20. The fourth-order valence-corrected chi connectivity index (χ4v) is 0.759. The molecule has 0 N–H and O–H groups in total. The first kappa shape index (κ1) is 8.48. The van der Waals surface area contributed by atoms with E-state index in [-0.39, 0.29) is 5.41 Å². The van der Waals surface area contributed by atoms with Gasteiger partial charge in [0.25, 0.3) is 0 Å². The zero-order valence-corrected chi connectivity index (χ0v) is 6.35. The topological polar surface area (TPSA) is 0 Å². The quantitative estimate of drug-likeness (QED) is 0.506. The van der Waals surface area contributed by atoms with E-state index in [9.17, 15) is 0 Å². The van der Waals surface area contributed by atoms with E-state index in [4.69, 9.17) is 0 Å². The molecule has 0 aliphatic heterocycles. The van der Waals surface area contributed by atoms with E-state index in [2.05, 4.69) is 33.4 Å². The standard InChI is InChI=1S/C9H15/c1-5-7-9(3,4)8-6-2/h5-7H,1-2,8H2,3-4H3. The van der Waals surface area contributed by atoms with E-state index in [1.165, 1.54) is 0 Å². The Balaban J connectivity index is 3.84. The SMILES string of the molecule is [CH2]C=CC(C)(C)CC=C. The lowest BCUT2D eigenvalue weighted by Crippen LogP contribution is -2.04. The highest BCUT2D eigenvalue weighted by molar-refractivity contribution is 4.98. The molecule has 51 valence electrons. The molecule has 0 aromatic heterocycles. The van der Waals surface area contributed by atoms with Crippen LogP contribution in [0.3, 0.4) is 0 Å². The molecule has 0 heterocycles. The molecule has 9 heavy (non-hydrogen) atoms. The summed E-state index contributed by atoms with van der Waals surface area (Å²) in [6, 6.07) is 0. The summed E-state index contributed by atoms with van der Waals surface area (Å²) < 4.78 is 0. The number of rotatable bonds is 3. The van der Waals surface area contributed by atoms with Crippen molar-refractivity contribution in [2.45, 2.75) is 20.3 Å². The van der Waals surface area contributed by atoms with Crippen molar-refractivity contribution in [1.29, 1.82) is 0 Å². The fourth-order valence-electron chi connectivity index (χ4n) is 0.759. The number of hydrogen-bond acceptors (Lipinski definition) is 0. The van der Waals surface area contributed by atoms with Gasteiger partial charge in [-0.2, -0.15) is 0 Å².